The van der Waals surface area contributed by atoms with Gasteiger partial charge in [-0.1, -0.05) is 30.3 Å². The molecule has 0 spiro atoms. The first-order valence-corrected chi connectivity index (χ1v) is 13.3. The van der Waals surface area contributed by atoms with Crippen molar-refractivity contribution >= 4 is 17.6 Å². The highest BCUT2D eigenvalue weighted by Gasteiger charge is 2.32. The van der Waals surface area contributed by atoms with Gasteiger partial charge in [0.15, 0.2) is 0 Å². The summed E-state index contributed by atoms with van der Waals surface area (Å²) in [4.78, 5) is 31.8. The number of nitrogens with one attached hydrogen (secondary N) is 3. The van der Waals surface area contributed by atoms with Gasteiger partial charge in [-0.05, 0) is 79.1 Å². The third-order valence-corrected chi connectivity index (χ3v) is 7.56. The number of benzene rings is 2. The van der Waals surface area contributed by atoms with E-state index in [2.05, 4.69) is 25.8 Å². The fourth-order valence-corrected chi connectivity index (χ4v) is 5.64. The van der Waals surface area contributed by atoms with Gasteiger partial charge < -0.3 is 16.0 Å². The Hall–Kier alpha value is -3.78. The second-order valence-corrected chi connectivity index (χ2v) is 10.2. The zero-order chi connectivity index (χ0) is 26.3. The zero-order valence-corrected chi connectivity index (χ0v) is 21.4. The minimum Gasteiger partial charge on any atom is -0.352 e. The van der Waals surface area contributed by atoms with Crippen molar-refractivity contribution in [3.63, 3.8) is 0 Å². The van der Waals surface area contributed by atoms with Crippen molar-refractivity contribution in [2.75, 3.05) is 25.0 Å². The number of urea groups is 1. The first kappa shape index (κ1) is 25.9. The fourth-order valence-electron chi connectivity index (χ4n) is 5.64. The normalized spacial score (nSPS) is 19.8. The summed E-state index contributed by atoms with van der Waals surface area (Å²) < 4.78 is 13.9. The lowest BCUT2D eigenvalue weighted by molar-refractivity contribution is -0.123. The number of carbonyl (C=O) groups is 2. The number of nitrogens with zero attached hydrogens (tertiary/aromatic N) is 2. The molecule has 1 aliphatic heterocycles. The third kappa shape index (κ3) is 6.75. The van der Waals surface area contributed by atoms with Crippen LogP contribution >= 0.6 is 0 Å². The van der Waals surface area contributed by atoms with Crippen LogP contribution in [0.2, 0.25) is 0 Å². The summed E-state index contributed by atoms with van der Waals surface area (Å²) in [5.41, 5.74) is 3.99. The molecule has 2 atom stereocenters. The van der Waals surface area contributed by atoms with E-state index in [0.29, 0.717) is 6.54 Å². The Morgan fingerprint density at radius 2 is 1.79 bits per heavy atom. The molecule has 38 heavy (non-hydrogen) atoms. The summed E-state index contributed by atoms with van der Waals surface area (Å²) in [6.07, 6.45) is 7.44. The van der Waals surface area contributed by atoms with E-state index in [-0.39, 0.29) is 35.8 Å². The largest absolute Gasteiger partial charge is 0.352 e. The highest BCUT2D eigenvalue weighted by molar-refractivity contribution is 5.89. The molecule has 5 rings (SSSR count). The molecule has 1 aliphatic carbocycles. The Balaban J connectivity index is 1.14. The van der Waals surface area contributed by atoms with Crippen LogP contribution in [0.4, 0.5) is 14.9 Å². The molecule has 8 heteroatoms. The average Bonchev–Trinajstić information content (AvgIpc) is 2.92. The van der Waals surface area contributed by atoms with Crippen LogP contribution < -0.4 is 16.0 Å². The molecular weight excluding hydrogens is 481 g/mol. The highest BCUT2D eigenvalue weighted by Crippen LogP contribution is 2.35. The molecule has 2 heterocycles. The second-order valence-electron chi connectivity index (χ2n) is 10.2. The number of anilines is 1. The van der Waals surface area contributed by atoms with Crippen LogP contribution in [-0.4, -0.2) is 53.5 Å². The van der Waals surface area contributed by atoms with Crippen LogP contribution in [0.15, 0.2) is 73.1 Å². The van der Waals surface area contributed by atoms with E-state index in [1.165, 1.54) is 6.07 Å². The van der Waals surface area contributed by atoms with E-state index in [1.54, 1.807) is 12.3 Å². The number of fused-ring (bicyclic) bond motifs is 1. The number of hydrogen-bond donors (Lipinski definition) is 3. The van der Waals surface area contributed by atoms with E-state index < -0.39 is 0 Å². The SMILES string of the molecule is O=C(CN1CCC(NC(=O)Nc2ccccc2)CC1)N[C@H]1CCc2cc(F)ccc2[C@H]1Cc1cccnc1. The summed E-state index contributed by atoms with van der Waals surface area (Å²) in [5.74, 6) is -0.155. The number of carbonyl (C=O) groups excluding carboxylic acids is 2. The van der Waals surface area contributed by atoms with Crippen LogP contribution in [0.5, 0.6) is 0 Å². The molecule has 3 N–H and O–H groups in total. The lowest BCUT2D eigenvalue weighted by Gasteiger charge is -2.36. The van der Waals surface area contributed by atoms with Gasteiger partial charge in [0.05, 0.1) is 6.54 Å². The summed E-state index contributed by atoms with van der Waals surface area (Å²) in [6, 6.07) is 18.2. The smallest absolute Gasteiger partial charge is 0.319 e. The summed E-state index contributed by atoms with van der Waals surface area (Å²) >= 11 is 0. The molecule has 1 saturated heterocycles. The van der Waals surface area contributed by atoms with Gasteiger partial charge in [-0.15, -0.1) is 0 Å². The van der Waals surface area contributed by atoms with E-state index in [9.17, 15) is 14.0 Å². The number of aromatic nitrogens is 1. The van der Waals surface area contributed by atoms with E-state index in [1.807, 2.05) is 54.7 Å². The van der Waals surface area contributed by atoms with Gasteiger partial charge in [0, 0.05) is 49.2 Å². The maximum Gasteiger partial charge on any atom is 0.319 e. The van der Waals surface area contributed by atoms with Crippen molar-refractivity contribution in [1.29, 1.82) is 0 Å². The first-order valence-electron chi connectivity index (χ1n) is 13.3. The molecule has 0 unspecified atom stereocenters. The predicted molar refractivity (Wildman–Crippen MR) is 145 cm³/mol. The average molecular weight is 516 g/mol. The number of halogens is 1. The van der Waals surface area contributed by atoms with Crippen LogP contribution in [0.25, 0.3) is 0 Å². The molecule has 3 aromatic rings. The number of rotatable bonds is 7. The van der Waals surface area contributed by atoms with Gasteiger partial charge in [-0.25, -0.2) is 9.18 Å². The molecule has 3 amide bonds. The Labute approximate surface area is 222 Å². The third-order valence-electron chi connectivity index (χ3n) is 7.56. The van der Waals surface area contributed by atoms with Gasteiger partial charge >= 0.3 is 6.03 Å². The number of pyridine rings is 1. The maximum atomic E-state index is 13.9. The van der Waals surface area contributed by atoms with Crippen LogP contribution in [0, 0.1) is 5.82 Å². The van der Waals surface area contributed by atoms with Gasteiger partial charge in [0.1, 0.15) is 5.82 Å². The fraction of sp³-hybridized carbons (Fsp3) is 0.367. The minimum atomic E-state index is -0.221. The molecule has 1 aromatic heterocycles. The molecule has 7 nitrogen and oxygen atoms in total. The lowest BCUT2D eigenvalue weighted by atomic mass is 9.76. The van der Waals surface area contributed by atoms with E-state index in [0.717, 1.165) is 67.6 Å². The zero-order valence-electron chi connectivity index (χ0n) is 21.4. The van der Waals surface area contributed by atoms with Crippen molar-refractivity contribution in [2.24, 2.45) is 0 Å². The van der Waals surface area contributed by atoms with Crippen molar-refractivity contribution in [3.8, 4) is 0 Å². The maximum absolute atomic E-state index is 13.9. The molecule has 1 fully saturated rings. The highest BCUT2D eigenvalue weighted by atomic mass is 19.1. The molecular formula is C30H34FN5O2. The number of aryl methyl sites for hydroxylation is 1. The topological polar surface area (TPSA) is 86.4 Å². The van der Waals surface area contributed by atoms with Crippen molar-refractivity contribution in [2.45, 2.75) is 50.1 Å². The second kappa shape index (κ2) is 12.2. The van der Waals surface area contributed by atoms with Crippen molar-refractivity contribution in [3.05, 3.63) is 95.6 Å². The lowest BCUT2D eigenvalue weighted by Crippen LogP contribution is -2.50. The summed E-state index contributed by atoms with van der Waals surface area (Å²) in [5, 5.41) is 9.19. The Kier molecular flexibility index (Phi) is 8.28. The molecule has 0 radical (unpaired) electrons. The standard InChI is InChI=1S/C30H34FN5O2/c31-23-9-10-26-22(18-23)8-11-28(27(26)17-21-5-4-14-32-19-21)35-29(37)20-36-15-12-25(13-16-36)34-30(38)33-24-6-2-1-3-7-24/h1-7,9-10,14,18-19,25,27-28H,8,11-13,15-17,20H2,(H,35,37)(H2,33,34,38)/t27-,28+/m1/s1. The molecule has 198 valence electrons. The number of hydrogen-bond acceptors (Lipinski definition) is 4. The number of likely N-dealkylation sites (tertiary alicyclic amines) is 1. The van der Waals surface area contributed by atoms with Gasteiger partial charge in [-0.3, -0.25) is 14.7 Å². The van der Waals surface area contributed by atoms with Crippen LogP contribution in [0.3, 0.4) is 0 Å². The predicted octanol–water partition coefficient (Wildman–Crippen LogP) is 4.26. The molecule has 0 saturated carbocycles. The monoisotopic (exact) mass is 515 g/mol. The summed E-state index contributed by atoms with van der Waals surface area (Å²) in [6.45, 7) is 1.82. The minimum absolute atomic E-state index is 0.00461. The van der Waals surface area contributed by atoms with Crippen LogP contribution in [-0.2, 0) is 17.6 Å². The molecule has 2 aromatic carbocycles. The molecule has 2 aliphatic rings. The van der Waals surface area contributed by atoms with Crippen molar-refractivity contribution < 1.29 is 14.0 Å². The van der Waals surface area contributed by atoms with E-state index >= 15 is 0 Å². The van der Waals surface area contributed by atoms with Gasteiger partial charge in [0.2, 0.25) is 5.91 Å². The quantitative estimate of drug-likeness (QED) is 0.439. The van der Waals surface area contributed by atoms with Gasteiger partial charge in [0.25, 0.3) is 0 Å². The number of para-hydroxylation sites is 1. The number of amides is 3. The van der Waals surface area contributed by atoms with E-state index in [4.69, 9.17) is 0 Å². The Bertz CT molecular complexity index is 1230. The molecule has 0 bridgehead atoms. The van der Waals surface area contributed by atoms with Crippen LogP contribution in [0.1, 0.15) is 41.9 Å². The number of piperidine rings is 1. The Morgan fingerprint density at radius 3 is 2.55 bits per heavy atom. The Morgan fingerprint density at radius 1 is 0.974 bits per heavy atom. The van der Waals surface area contributed by atoms with Gasteiger partial charge in [-0.2, -0.15) is 0 Å². The van der Waals surface area contributed by atoms with Crippen molar-refractivity contribution in [1.82, 2.24) is 20.5 Å². The first-order chi connectivity index (χ1) is 18.5. The summed E-state index contributed by atoms with van der Waals surface area (Å²) in [7, 11) is 0.